The number of hydrogen-bond donors (Lipinski definition) is 1. The fraction of sp³-hybridized carbons (Fsp3) is 0.538. The minimum absolute atomic E-state index is 0.0462. The monoisotopic (exact) mass is 285 g/mol. The number of nitrogens with two attached hydrogens (primary N) is 1. The number of fused-ring (bicyclic) bond motifs is 1. The Kier molecular flexibility index (Phi) is 4.19. The van der Waals surface area contributed by atoms with Gasteiger partial charge >= 0.3 is 0 Å². The summed E-state index contributed by atoms with van der Waals surface area (Å²) in [6.45, 7) is 2.92. The predicted molar refractivity (Wildman–Crippen MR) is 74.2 cm³/mol. The second kappa shape index (κ2) is 5.69. The molecule has 106 valence electrons. The van der Waals surface area contributed by atoms with Crippen LogP contribution < -0.4 is 15.2 Å². The molecule has 19 heavy (non-hydrogen) atoms. The molecule has 0 saturated heterocycles. The van der Waals surface area contributed by atoms with Crippen molar-refractivity contribution in [1.82, 2.24) is 0 Å². The molecule has 0 saturated carbocycles. The number of nitrogen functional groups attached to an aromatic ring is 1. The highest BCUT2D eigenvalue weighted by Gasteiger charge is 2.18. The molecule has 1 aliphatic heterocycles. The van der Waals surface area contributed by atoms with Crippen LogP contribution in [0, 0.1) is 0 Å². The van der Waals surface area contributed by atoms with Gasteiger partial charge in [0.1, 0.15) is 13.2 Å². The average Bonchev–Trinajstić information content (AvgIpc) is 2.37. The molecule has 1 aliphatic rings. The highest BCUT2D eigenvalue weighted by Crippen LogP contribution is 2.35. The highest BCUT2D eigenvalue weighted by atomic mass is 32.2. The fourth-order valence-corrected chi connectivity index (χ4v) is 3.54. The minimum Gasteiger partial charge on any atom is -0.486 e. The third-order valence-electron chi connectivity index (χ3n) is 2.99. The van der Waals surface area contributed by atoms with E-state index in [1.54, 1.807) is 12.1 Å². The lowest BCUT2D eigenvalue weighted by Crippen LogP contribution is -2.17. The Labute approximate surface area is 113 Å². The van der Waals surface area contributed by atoms with Gasteiger partial charge in [-0.3, -0.25) is 0 Å². The van der Waals surface area contributed by atoms with Crippen LogP contribution in [0.1, 0.15) is 25.3 Å². The molecule has 0 atom stereocenters. The SMILES string of the molecule is CCCCS(=O)(=O)Cc1cc2c(cc1N)OCCO2. The second-order valence-corrected chi connectivity index (χ2v) is 6.82. The Morgan fingerprint density at radius 1 is 1.21 bits per heavy atom. The largest absolute Gasteiger partial charge is 0.486 e. The highest BCUT2D eigenvalue weighted by molar-refractivity contribution is 7.90. The van der Waals surface area contributed by atoms with Gasteiger partial charge in [0.15, 0.2) is 21.3 Å². The van der Waals surface area contributed by atoms with E-state index in [1.807, 2.05) is 6.92 Å². The van der Waals surface area contributed by atoms with Gasteiger partial charge in [-0.15, -0.1) is 0 Å². The van der Waals surface area contributed by atoms with Gasteiger partial charge in [-0.1, -0.05) is 13.3 Å². The molecule has 0 bridgehead atoms. The standard InChI is InChI=1S/C13H19NO4S/c1-2-3-6-19(15,16)9-10-7-12-13(8-11(10)14)18-5-4-17-12/h7-8H,2-6,9,14H2,1H3. The molecule has 6 heteroatoms. The first-order valence-electron chi connectivity index (χ1n) is 6.40. The molecular weight excluding hydrogens is 266 g/mol. The Morgan fingerprint density at radius 2 is 1.84 bits per heavy atom. The maximum absolute atomic E-state index is 12.0. The van der Waals surface area contributed by atoms with Crippen LogP contribution in [0.15, 0.2) is 12.1 Å². The summed E-state index contributed by atoms with van der Waals surface area (Å²) in [7, 11) is -3.12. The topological polar surface area (TPSA) is 78.6 Å². The molecule has 2 N–H and O–H groups in total. The predicted octanol–water partition coefficient (Wildman–Crippen LogP) is 1.75. The Hall–Kier alpha value is -1.43. The van der Waals surface area contributed by atoms with Gasteiger partial charge in [-0.05, 0) is 18.1 Å². The van der Waals surface area contributed by atoms with Crippen molar-refractivity contribution in [3.05, 3.63) is 17.7 Å². The zero-order chi connectivity index (χ0) is 13.9. The van der Waals surface area contributed by atoms with E-state index in [4.69, 9.17) is 15.2 Å². The third kappa shape index (κ3) is 3.53. The first-order valence-corrected chi connectivity index (χ1v) is 8.22. The van der Waals surface area contributed by atoms with Crippen LogP contribution in [0.5, 0.6) is 11.5 Å². The summed E-state index contributed by atoms with van der Waals surface area (Å²) in [5.41, 5.74) is 6.90. The molecule has 0 amide bonds. The normalized spacial score (nSPS) is 14.4. The molecule has 0 fully saturated rings. The number of unbranched alkanes of at least 4 members (excludes halogenated alkanes) is 1. The summed E-state index contributed by atoms with van der Waals surface area (Å²) in [5, 5.41) is 0. The van der Waals surface area contributed by atoms with Crippen LogP contribution in [-0.2, 0) is 15.6 Å². The molecule has 1 heterocycles. The van der Waals surface area contributed by atoms with Crippen LogP contribution >= 0.6 is 0 Å². The van der Waals surface area contributed by atoms with Crippen molar-refractivity contribution < 1.29 is 17.9 Å². The zero-order valence-electron chi connectivity index (χ0n) is 11.0. The maximum atomic E-state index is 12.0. The molecule has 5 nitrogen and oxygen atoms in total. The molecule has 1 aromatic carbocycles. The summed E-state index contributed by atoms with van der Waals surface area (Å²) in [6, 6.07) is 3.31. The van der Waals surface area contributed by atoms with E-state index in [2.05, 4.69) is 0 Å². The van der Waals surface area contributed by atoms with Gasteiger partial charge in [0.2, 0.25) is 0 Å². The van der Waals surface area contributed by atoms with Crippen molar-refractivity contribution in [1.29, 1.82) is 0 Å². The van der Waals surface area contributed by atoms with Crippen molar-refractivity contribution >= 4 is 15.5 Å². The summed E-state index contributed by atoms with van der Waals surface area (Å²) in [5.74, 6) is 1.30. The van der Waals surface area contributed by atoms with E-state index in [-0.39, 0.29) is 11.5 Å². The van der Waals surface area contributed by atoms with Gasteiger partial charge in [0.25, 0.3) is 0 Å². The first kappa shape index (κ1) is 14.0. The van der Waals surface area contributed by atoms with Crippen LogP contribution in [0.25, 0.3) is 0 Å². The van der Waals surface area contributed by atoms with E-state index >= 15 is 0 Å². The van der Waals surface area contributed by atoms with Gasteiger partial charge in [0.05, 0.1) is 11.5 Å². The quantitative estimate of drug-likeness (QED) is 0.834. The number of hydrogen-bond acceptors (Lipinski definition) is 5. The average molecular weight is 285 g/mol. The van der Waals surface area contributed by atoms with Crippen molar-refractivity contribution in [2.24, 2.45) is 0 Å². The summed E-state index contributed by atoms with van der Waals surface area (Å²) in [6.07, 6.45) is 1.53. The fourth-order valence-electron chi connectivity index (χ4n) is 1.94. The smallest absolute Gasteiger partial charge is 0.163 e. The van der Waals surface area contributed by atoms with Gasteiger partial charge < -0.3 is 15.2 Å². The van der Waals surface area contributed by atoms with Crippen LogP contribution in [0.2, 0.25) is 0 Å². The second-order valence-electron chi connectivity index (χ2n) is 4.64. The Morgan fingerprint density at radius 3 is 2.47 bits per heavy atom. The number of sulfone groups is 1. The molecule has 0 spiro atoms. The van der Waals surface area contributed by atoms with Crippen molar-refractivity contribution in [3.8, 4) is 11.5 Å². The number of anilines is 1. The first-order chi connectivity index (χ1) is 9.02. The number of benzene rings is 1. The molecule has 2 rings (SSSR count). The van der Waals surface area contributed by atoms with Crippen molar-refractivity contribution in [3.63, 3.8) is 0 Å². The lowest BCUT2D eigenvalue weighted by atomic mass is 10.2. The summed E-state index contributed by atoms with van der Waals surface area (Å²) < 4.78 is 34.7. The Balaban J connectivity index is 2.21. The summed E-state index contributed by atoms with van der Waals surface area (Å²) >= 11 is 0. The number of rotatable bonds is 5. The van der Waals surface area contributed by atoms with Gasteiger partial charge in [-0.2, -0.15) is 0 Å². The van der Waals surface area contributed by atoms with E-state index in [0.717, 1.165) is 6.42 Å². The van der Waals surface area contributed by atoms with Crippen molar-refractivity contribution in [2.45, 2.75) is 25.5 Å². The van der Waals surface area contributed by atoms with Crippen LogP contribution in [-0.4, -0.2) is 27.4 Å². The molecule has 1 aromatic rings. The maximum Gasteiger partial charge on any atom is 0.163 e. The van der Waals surface area contributed by atoms with Gasteiger partial charge in [-0.25, -0.2) is 8.42 Å². The van der Waals surface area contributed by atoms with Crippen LogP contribution in [0.3, 0.4) is 0 Å². The van der Waals surface area contributed by atoms with E-state index in [9.17, 15) is 8.42 Å². The molecule has 0 radical (unpaired) electrons. The Bertz CT molecular complexity index is 554. The van der Waals surface area contributed by atoms with Crippen molar-refractivity contribution in [2.75, 3.05) is 24.7 Å². The van der Waals surface area contributed by atoms with E-state index in [0.29, 0.717) is 42.4 Å². The third-order valence-corrected chi connectivity index (χ3v) is 4.65. The summed E-state index contributed by atoms with van der Waals surface area (Å²) in [4.78, 5) is 0. The molecular formula is C13H19NO4S. The molecule has 0 aromatic heterocycles. The van der Waals surface area contributed by atoms with Crippen LogP contribution in [0.4, 0.5) is 5.69 Å². The lowest BCUT2D eigenvalue weighted by Gasteiger charge is -2.20. The zero-order valence-corrected chi connectivity index (χ0v) is 11.8. The van der Waals surface area contributed by atoms with E-state index in [1.165, 1.54) is 0 Å². The van der Waals surface area contributed by atoms with Gasteiger partial charge in [0, 0.05) is 11.8 Å². The number of ether oxygens (including phenoxy) is 2. The lowest BCUT2D eigenvalue weighted by molar-refractivity contribution is 0.171. The molecule has 0 unspecified atom stereocenters. The minimum atomic E-state index is -3.12. The molecule has 0 aliphatic carbocycles. The van der Waals surface area contributed by atoms with E-state index < -0.39 is 9.84 Å².